The highest BCUT2D eigenvalue weighted by atomic mass is 35.5. The van der Waals surface area contributed by atoms with E-state index in [1.54, 1.807) is 6.92 Å². The molecule has 0 aliphatic heterocycles. The summed E-state index contributed by atoms with van der Waals surface area (Å²) in [5.74, 6) is 2.06. The fourth-order valence-electron chi connectivity index (χ4n) is 2.31. The van der Waals surface area contributed by atoms with Crippen LogP contribution in [-0.4, -0.2) is 19.7 Å². The Kier molecular flexibility index (Phi) is 3.87. The van der Waals surface area contributed by atoms with Crippen LogP contribution < -0.4 is 0 Å². The van der Waals surface area contributed by atoms with Gasteiger partial charge in [0.2, 0.25) is 5.89 Å². The molecular weight excluding hydrogens is 311 g/mol. The second kappa shape index (κ2) is 5.66. The molecule has 5 nitrogen and oxygen atoms in total. The number of imidazole rings is 1. The first kappa shape index (κ1) is 14.4. The van der Waals surface area contributed by atoms with Gasteiger partial charge < -0.3 is 9.09 Å². The number of rotatable bonds is 4. The third-order valence-electron chi connectivity index (χ3n) is 3.21. The fraction of sp³-hybridized carbons (Fsp3) is 0.357. The van der Waals surface area contributed by atoms with Gasteiger partial charge in [-0.3, -0.25) is 0 Å². The Morgan fingerprint density at radius 2 is 2.14 bits per heavy atom. The summed E-state index contributed by atoms with van der Waals surface area (Å²) in [5.41, 5.74) is 1.84. The number of hydrogen-bond donors (Lipinski definition) is 0. The van der Waals surface area contributed by atoms with Crippen LogP contribution >= 0.6 is 23.2 Å². The lowest BCUT2D eigenvalue weighted by atomic mass is 10.3. The molecule has 1 atom stereocenters. The number of alkyl halides is 1. The minimum atomic E-state index is -0.194. The number of fused-ring (bicyclic) bond motifs is 1. The van der Waals surface area contributed by atoms with Gasteiger partial charge in [-0.2, -0.15) is 4.98 Å². The number of halogens is 2. The molecule has 2 heterocycles. The minimum absolute atomic E-state index is 0.194. The monoisotopic (exact) mass is 324 g/mol. The van der Waals surface area contributed by atoms with E-state index in [0.717, 1.165) is 16.9 Å². The Morgan fingerprint density at radius 1 is 1.33 bits per heavy atom. The van der Waals surface area contributed by atoms with Crippen molar-refractivity contribution in [2.75, 3.05) is 0 Å². The highest BCUT2D eigenvalue weighted by Gasteiger charge is 2.16. The van der Waals surface area contributed by atoms with E-state index in [9.17, 15) is 0 Å². The average Bonchev–Trinajstić information content (AvgIpc) is 2.99. The van der Waals surface area contributed by atoms with Crippen LogP contribution in [0.4, 0.5) is 0 Å². The van der Waals surface area contributed by atoms with Gasteiger partial charge in [-0.15, -0.1) is 11.6 Å². The summed E-state index contributed by atoms with van der Waals surface area (Å²) in [5, 5.41) is 4.26. The molecular formula is C14H14Cl2N4O. The molecule has 0 spiro atoms. The first-order valence-electron chi connectivity index (χ1n) is 6.63. The maximum absolute atomic E-state index is 6.24. The number of benzene rings is 1. The lowest BCUT2D eigenvalue weighted by Gasteiger charge is -2.09. The normalized spacial score (nSPS) is 13.0. The number of nitrogens with zero attached hydrogens (tertiary/aromatic N) is 4. The van der Waals surface area contributed by atoms with Crippen LogP contribution in [0.1, 0.15) is 29.8 Å². The molecule has 3 rings (SSSR count). The van der Waals surface area contributed by atoms with Crippen molar-refractivity contribution >= 4 is 34.2 Å². The minimum Gasteiger partial charge on any atom is -0.339 e. The molecule has 0 bridgehead atoms. The Labute approximate surface area is 131 Å². The molecule has 0 fully saturated rings. The Balaban J connectivity index is 1.97. The van der Waals surface area contributed by atoms with Crippen LogP contribution in [0.3, 0.4) is 0 Å². The number of aromatic nitrogens is 4. The van der Waals surface area contributed by atoms with Crippen LogP contribution in [0.2, 0.25) is 5.02 Å². The van der Waals surface area contributed by atoms with E-state index in [1.165, 1.54) is 0 Å². The van der Waals surface area contributed by atoms with Crippen LogP contribution in [0.5, 0.6) is 0 Å². The SMILES string of the molecule is Cc1noc(CCn2c(C(C)Cl)nc3cc(Cl)ccc32)n1. The van der Waals surface area contributed by atoms with Crippen molar-refractivity contribution in [1.29, 1.82) is 0 Å². The zero-order valence-corrected chi connectivity index (χ0v) is 13.2. The summed E-state index contributed by atoms with van der Waals surface area (Å²) in [6, 6.07) is 5.64. The van der Waals surface area contributed by atoms with Gasteiger partial charge in [0.1, 0.15) is 5.82 Å². The van der Waals surface area contributed by atoms with Crippen LogP contribution in [-0.2, 0) is 13.0 Å². The van der Waals surface area contributed by atoms with Crippen LogP contribution in [0.15, 0.2) is 22.7 Å². The molecule has 7 heteroatoms. The molecule has 0 saturated heterocycles. The molecule has 0 aliphatic rings. The van der Waals surface area contributed by atoms with Crippen molar-refractivity contribution in [3.63, 3.8) is 0 Å². The lowest BCUT2D eigenvalue weighted by Crippen LogP contribution is -2.07. The van der Waals surface area contributed by atoms with Crippen LogP contribution in [0.25, 0.3) is 11.0 Å². The molecule has 0 amide bonds. The van der Waals surface area contributed by atoms with Gasteiger partial charge in [-0.1, -0.05) is 16.8 Å². The van der Waals surface area contributed by atoms with Crippen molar-refractivity contribution in [3.05, 3.63) is 40.8 Å². The summed E-state index contributed by atoms with van der Waals surface area (Å²) < 4.78 is 7.22. The maximum atomic E-state index is 6.24. The zero-order valence-electron chi connectivity index (χ0n) is 11.7. The van der Waals surface area contributed by atoms with E-state index >= 15 is 0 Å². The molecule has 2 aromatic heterocycles. The van der Waals surface area contributed by atoms with E-state index < -0.39 is 0 Å². The Morgan fingerprint density at radius 3 is 2.81 bits per heavy atom. The Hall–Kier alpha value is -1.59. The van der Waals surface area contributed by atoms with Crippen molar-refractivity contribution in [3.8, 4) is 0 Å². The van der Waals surface area contributed by atoms with Crippen LogP contribution in [0, 0.1) is 6.92 Å². The summed E-state index contributed by atoms with van der Waals surface area (Å²) in [7, 11) is 0. The zero-order chi connectivity index (χ0) is 15.0. The molecule has 110 valence electrons. The number of aryl methyl sites for hydroxylation is 3. The molecule has 21 heavy (non-hydrogen) atoms. The molecule has 0 saturated carbocycles. The Bertz CT molecular complexity index is 778. The van der Waals surface area contributed by atoms with E-state index in [2.05, 4.69) is 19.7 Å². The molecule has 0 N–H and O–H groups in total. The van der Waals surface area contributed by atoms with Crippen molar-refractivity contribution in [2.24, 2.45) is 0 Å². The van der Waals surface area contributed by atoms with Gasteiger partial charge in [0.15, 0.2) is 5.82 Å². The third-order valence-corrected chi connectivity index (χ3v) is 3.64. The molecule has 1 aromatic carbocycles. The third kappa shape index (κ3) is 2.89. The largest absolute Gasteiger partial charge is 0.339 e. The second-order valence-electron chi connectivity index (χ2n) is 4.86. The van der Waals surface area contributed by atoms with Crippen molar-refractivity contribution in [2.45, 2.75) is 32.2 Å². The summed E-state index contributed by atoms with van der Waals surface area (Å²) >= 11 is 12.3. The van der Waals surface area contributed by atoms with Crippen molar-refractivity contribution < 1.29 is 4.52 Å². The van der Waals surface area contributed by atoms with E-state index in [1.807, 2.05) is 25.1 Å². The molecule has 0 aliphatic carbocycles. The standard InChI is InChI=1S/C14H14Cl2N4O/c1-8(15)14-18-11-7-10(16)3-4-12(11)20(14)6-5-13-17-9(2)19-21-13/h3-4,7-8H,5-6H2,1-2H3. The number of hydrogen-bond acceptors (Lipinski definition) is 4. The molecule has 3 aromatic rings. The van der Waals surface area contributed by atoms with Gasteiger partial charge in [0.05, 0.1) is 16.4 Å². The quantitative estimate of drug-likeness (QED) is 0.682. The van der Waals surface area contributed by atoms with Gasteiger partial charge in [-0.25, -0.2) is 4.98 Å². The van der Waals surface area contributed by atoms with E-state index in [-0.39, 0.29) is 5.38 Å². The van der Waals surface area contributed by atoms with Gasteiger partial charge in [0, 0.05) is 18.0 Å². The highest BCUT2D eigenvalue weighted by Crippen LogP contribution is 2.26. The maximum Gasteiger partial charge on any atom is 0.228 e. The summed E-state index contributed by atoms with van der Waals surface area (Å²) in [6.07, 6.45) is 0.630. The van der Waals surface area contributed by atoms with Crippen molar-refractivity contribution in [1.82, 2.24) is 19.7 Å². The second-order valence-corrected chi connectivity index (χ2v) is 5.95. The molecule has 0 radical (unpaired) electrons. The topological polar surface area (TPSA) is 56.7 Å². The summed E-state index contributed by atoms with van der Waals surface area (Å²) in [6.45, 7) is 4.37. The first-order chi connectivity index (χ1) is 10.0. The predicted octanol–water partition coefficient (Wildman–Crippen LogP) is 3.92. The lowest BCUT2D eigenvalue weighted by molar-refractivity contribution is 0.368. The van der Waals surface area contributed by atoms with E-state index in [4.69, 9.17) is 27.7 Å². The van der Waals surface area contributed by atoms with Gasteiger partial charge >= 0.3 is 0 Å². The van der Waals surface area contributed by atoms with Gasteiger partial charge in [-0.05, 0) is 32.0 Å². The van der Waals surface area contributed by atoms with Gasteiger partial charge in [0.25, 0.3) is 0 Å². The predicted molar refractivity (Wildman–Crippen MR) is 81.8 cm³/mol. The highest BCUT2D eigenvalue weighted by molar-refractivity contribution is 6.31. The first-order valence-corrected chi connectivity index (χ1v) is 7.45. The smallest absolute Gasteiger partial charge is 0.228 e. The fourth-order valence-corrected chi connectivity index (χ4v) is 2.64. The van der Waals surface area contributed by atoms with E-state index in [0.29, 0.717) is 29.7 Å². The molecule has 1 unspecified atom stereocenters. The average molecular weight is 325 g/mol. The summed E-state index contributed by atoms with van der Waals surface area (Å²) in [4.78, 5) is 8.78.